The number of aldehydes is 1. The van der Waals surface area contributed by atoms with Gasteiger partial charge in [-0.15, -0.1) is 0 Å². The summed E-state index contributed by atoms with van der Waals surface area (Å²) in [6, 6.07) is 8.40. The molecule has 1 aromatic rings. The van der Waals surface area contributed by atoms with Gasteiger partial charge in [0.25, 0.3) is 0 Å². The lowest BCUT2D eigenvalue weighted by Gasteiger charge is -2.20. The molecule has 104 valence electrons. The van der Waals surface area contributed by atoms with Crippen LogP contribution in [0.5, 0.6) is 0 Å². The number of hydrogen-bond acceptors (Lipinski definition) is 2. The van der Waals surface area contributed by atoms with Crippen molar-refractivity contribution in [1.82, 2.24) is 0 Å². The van der Waals surface area contributed by atoms with Gasteiger partial charge >= 0.3 is 6.18 Å². The Morgan fingerprint density at radius 2 is 1.80 bits per heavy atom. The lowest BCUT2D eigenvalue weighted by molar-refractivity contribution is -0.104. The molecule has 0 spiro atoms. The summed E-state index contributed by atoms with van der Waals surface area (Å²) in [6.45, 7) is 1.50. The van der Waals surface area contributed by atoms with Crippen molar-refractivity contribution in [3.63, 3.8) is 0 Å². The molecule has 0 N–H and O–H groups in total. The third kappa shape index (κ3) is 3.04. The SMILES string of the molecule is C/C(C=O)=C1\C=CC(c2ccccc2)=C(C(F)(F)F)S1. The number of halogens is 3. The number of carbonyl (C=O) groups excluding carboxylic acids is 1. The Balaban J connectivity index is 2.55. The second-order valence-corrected chi connectivity index (χ2v) is 5.26. The topological polar surface area (TPSA) is 17.1 Å². The lowest BCUT2D eigenvalue weighted by atomic mass is 10.0. The summed E-state index contributed by atoms with van der Waals surface area (Å²) in [7, 11) is 0. The molecule has 0 radical (unpaired) electrons. The zero-order chi connectivity index (χ0) is 14.8. The number of benzene rings is 1. The Bertz CT molecular complexity index is 610. The van der Waals surface area contributed by atoms with E-state index in [1.165, 1.54) is 13.0 Å². The van der Waals surface area contributed by atoms with Gasteiger partial charge in [-0.1, -0.05) is 48.2 Å². The molecule has 0 bridgehead atoms. The Labute approximate surface area is 118 Å². The average molecular weight is 296 g/mol. The molecule has 0 atom stereocenters. The Morgan fingerprint density at radius 1 is 1.15 bits per heavy atom. The summed E-state index contributed by atoms with van der Waals surface area (Å²) >= 11 is 0.590. The van der Waals surface area contributed by atoms with Gasteiger partial charge in [-0.3, -0.25) is 4.79 Å². The van der Waals surface area contributed by atoms with E-state index < -0.39 is 11.1 Å². The summed E-state index contributed by atoms with van der Waals surface area (Å²) in [4.78, 5) is 10.3. The van der Waals surface area contributed by atoms with Crippen LogP contribution < -0.4 is 0 Å². The monoisotopic (exact) mass is 296 g/mol. The number of thioether (sulfide) groups is 1. The summed E-state index contributed by atoms with van der Waals surface area (Å²) in [5, 5.41) is 0. The fourth-order valence-electron chi connectivity index (χ4n) is 1.76. The van der Waals surface area contributed by atoms with Gasteiger partial charge in [0.15, 0.2) is 0 Å². The lowest BCUT2D eigenvalue weighted by Crippen LogP contribution is -2.13. The Morgan fingerprint density at radius 3 is 2.35 bits per heavy atom. The normalized spacial score (nSPS) is 18.2. The smallest absolute Gasteiger partial charge is 0.298 e. The van der Waals surface area contributed by atoms with Crippen LogP contribution in [0.2, 0.25) is 0 Å². The van der Waals surface area contributed by atoms with E-state index >= 15 is 0 Å². The quantitative estimate of drug-likeness (QED) is 0.579. The molecular weight excluding hydrogens is 285 g/mol. The third-order valence-electron chi connectivity index (χ3n) is 2.77. The maximum atomic E-state index is 13.2. The van der Waals surface area contributed by atoms with Crippen molar-refractivity contribution in [2.24, 2.45) is 0 Å². The molecule has 0 saturated heterocycles. The highest BCUT2D eigenvalue weighted by molar-refractivity contribution is 8.07. The summed E-state index contributed by atoms with van der Waals surface area (Å²) < 4.78 is 39.6. The first-order chi connectivity index (χ1) is 9.43. The molecule has 20 heavy (non-hydrogen) atoms. The maximum Gasteiger partial charge on any atom is 0.423 e. The highest BCUT2D eigenvalue weighted by atomic mass is 32.2. The van der Waals surface area contributed by atoms with E-state index in [4.69, 9.17) is 0 Å². The number of carbonyl (C=O) groups is 1. The highest BCUT2D eigenvalue weighted by Crippen LogP contribution is 2.47. The molecule has 0 saturated carbocycles. The predicted octanol–water partition coefficient (Wildman–Crippen LogP) is 4.74. The van der Waals surface area contributed by atoms with Crippen LogP contribution in [0.1, 0.15) is 12.5 Å². The average Bonchev–Trinajstić information content (AvgIpc) is 2.46. The number of rotatable bonds is 2. The van der Waals surface area contributed by atoms with Crippen LogP contribution in [-0.2, 0) is 4.79 Å². The molecule has 1 aromatic carbocycles. The molecule has 2 rings (SSSR count). The molecule has 1 nitrogen and oxygen atoms in total. The molecule has 0 aliphatic carbocycles. The van der Waals surface area contributed by atoms with E-state index in [9.17, 15) is 18.0 Å². The van der Waals surface area contributed by atoms with Crippen LogP contribution >= 0.6 is 11.8 Å². The van der Waals surface area contributed by atoms with Crippen molar-refractivity contribution in [3.8, 4) is 0 Å². The molecule has 0 unspecified atom stereocenters. The van der Waals surface area contributed by atoms with E-state index in [0.29, 0.717) is 34.1 Å². The van der Waals surface area contributed by atoms with E-state index in [1.54, 1.807) is 36.4 Å². The first-order valence-corrected chi connectivity index (χ1v) is 6.64. The van der Waals surface area contributed by atoms with E-state index in [0.717, 1.165) is 0 Å². The molecule has 1 aliphatic heterocycles. The Kier molecular flexibility index (Phi) is 4.18. The van der Waals surface area contributed by atoms with Gasteiger partial charge in [0.05, 0.1) is 0 Å². The van der Waals surface area contributed by atoms with Gasteiger partial charge in [-0.25, -0.2) is 0 Å². The minimum absolute atomic E-state index is 0.130. The van der Waals surface area contributed by atoms with E-state index in [2.05, 4.69) is 0 Å². The molecule has 0 amide bonds. The van der Waals surface area contributed by atoms with Crippen LogP contribution in [0.25, 0.3) is 5.57 Å². The molecular formula is C15H11F3OS. The van der Waals surface area contributed by atoms with Crippen LogP contribution in [0.15, 0.2) is 57.9 Å². The molecule has 0 fully saturated rings. The van der Waals surface area contributed by atoms with Crippen molar-refractivity contribution in [1.29, 1.82) is 0 Å². The van der Waals surface area contributed by atoms with Crippen LogP contribution in [0.4, 0.5) is 13.2 Å². The fourth-order valence-corrected chi connectivity index (χ4v) is 2.74. The fraction of sp³-hybridized carbons (Fsp3) is 0.133. The van der Waals surface area contributed by atoms with Gasteiger partial charge in [0.2, 0.25) is 0 Å². The zero-order valence-electron chi connectivity index (χ0n) is 10.6. The van der Waals surface area contributed by atoms with E-state index in [-0.39, 0.29) is 5.57 Å². The number of alkyl halides is 3. The minimum atomic E-state index is -4.45. The van der Waals surface area contributed by atoms with E-state index in [1.807, 2.05) is 0 Å². The van der Waals surface area contributed by atoms with Crippen LogP contribution in [0.3, 0.4) is 0 Å². The van der Waals surface area contributed by atoms with Crippen molar-refractivity contribution in [2.45, 2.75) is 13.1 Å². The number of hydrogen-bond donors (Lipinski definition) is 0. The standard InChI is InChI=1S/C15H11F3OS/c1-10(9-19)13-8-7-12(11-5-3-2-4-6-11)14(20-13)15(16,17)18/h2-9H,1H3/b13-10-. The summed E-state index contributed by atoms with van der Waals surface area (Å²) in [5.74, 6) is 0. The zero-order valence-corrected chi connectivity index (χ0v) is 11.4. The van der Waals surface area contributed by atoms with Crippen molar-refractivity contribution in [2.75, 3.05) is 0 Å². The summed E-state index contributed by atoms with van der Waals surface area (Å²) in [6.07, 6.45) is -0.924. The summed E-state index contributed by atoms with van der Waals surface area (Å²) in [5.41, 5.74) is 0.928. The van der Waals surface area contributed by atoms with Crippen molar-refractivity contribution < 1.29 is 18.0 Å². The number of allylic oxidation sites excluding steroid dienone is 5. The molecule has 0 aromatic heterocycles. The second kappa shape index (κ2) is 5.71. The maximum absolute atomic E-state index is 13.2. The first kappa shape index (κ1) is 14.7. The molecule has 5 heteroatoms. The van der Waals surface area contributed by atoms with Crippen LogP contribution in [0, 0.1) is 0 Å². The van der Waals surface area contributed by atoms with Crippen molar-refractivity contribution >= 4 is 23.6 Å². The van der Waals surface area contributed by atoms with Crippen LogP contribution in [-0.4, -0.2) is 12.5 Å². The largest absolute Gasteiger partial charge is 0.423 e. The van der Waals surface area contributed by atoms with Gasteiger partial charge in [0.1, 0.15) is 11.2 Å². The van der Waals surface area contributed by atoms with Gasteiger partial charge in [0, 0.05) is 16.1 Å². The van der Waals surface area contributed by atoms with Gasteiger partial charge in [-0.05, 0) is 18.6 Å². The predicted molar refractivity (Wildman–Crippen MR) is 74.9 cm³/mol. The minimum Gasteiger partial charge on any atom is -0.298 e. The molecule has 1 heterocycles. The Hall–Kier alpha value is -1.75. The highest BCUT2D eigenvalue weighted by Gasteiger charge is 2.38. The van der Waals surface area contributed by atoms with Gasteiger partial charge in [-0.2, -0.15) is 13.2 Å². The van der Waals surface area contributed by atoms with Crippen molar-refractivity contribution in [3.05, 3.63) is 63.4 Å². The second-order valence-electron chi connectivity index (χ2n) is 4.21. The molecule has 1 aliphatic rings. The van der Waals surface area contributed by atoms with Gasteiger partial charge < -0.3 is 0 Å². The third-order valence-corrected chi connectivity index (χ3v) is 4.10. The first-order valence-electron chi connectivity index (χ1n) is 5.82.